The molecule has 11 rings (SSSR count). The highest BCUT2D eigenvalue weighted by Crippen LogP contribution is 2.54. The first-order valence-electron chi connectivity index (χ1n) is 17.5. The molecule has 0 saturated carbocycles. The predicted molar refractivity (Wildman–Crippen MR) is 216 cm³/mol. The molecule has 0 aliphatic heterocycles. The quantitative estimate of drug-likeness (QED) is 0.181. The van der Waals surface area contributed by atoms with E-state index in [0.29, 0.717) is 0 Å². The Kier molecular flexibility index (Phi) is 5.76. The normalized spacial score (nSPS) is 12.0. The Hall–Kier alpha value is -6.50. The SMILES string of the molecule is c1ccc(-c2cccc(-c3ccccc3)c2-c2ccc3c4c(-c5ccccc5)c5cccc6c7ccccc7c(c56)c4c4cccc2c34)cc1. The third-order valence-corrected chi connectivity index (χ3v) is 11.0. The average molecular weight is 631 g/mol. The molecule has 0 aliphatic carbocycles. The Bertz CT molecular complexity index is 2990. The molecule has 0 spiro atoms. The van der Waals surface area contributed by atoms with E-state index in [9.17, 15) is 0 Å². The smallest absolute Gasteiger partial charge is 0.000697 e. The number of benzene rings is 9. The van der Waals surface area contributed by atoms with E-state index in [1.807, 2.05) is 0 Å². The van der Waals surface area contributed by atoms with Crippen LogP contribution in [-0.2, 0) is 0 Å². The van der Waals surface area contributed by atoms with E-state index in [-0.39, 0.29) is 0 Å². The zero-order valence-electron chi connectivity index (χ0n) is 27.3. The molecule has 0 heteroatoms. The van der Waals surface area contributed by atoms with Crippen LogP contribution < -0.4 is 0 Å². The summed E-state index contributed by atoms with van der Waals surface area (Å²) in [5, 5.41) is 16.1. The van der Waals surface area contributed by atoms with Crippen molar-refractivity contribution in [3.8, 4) is 44.5 Å². The van der Waals surface area contributed by atoms with Gasteiger partial charge in [0, 0.05) is 0 Å². The van der Waals surface area contributed by atoms with Gasteiger partial charge in [0.05, 0.1) is 0 Å². The molecule has 0 nitrogen and oxygen atoms in total. The predicted octanol–water partition coefficient (Wildman–Crippen LogP) is 14.1. The van der Waals surface area contributed by atoms with Crippen LogP contribution in [0.3, 0.4) is 0 Å². The standard InChI is InChI=1S/C50H30/c1-4-15-31(16-5-1)34-23-12-24-35(32-17-6-2-7-18-32)45(34)40-29-30-43-46-39(40)26-14-28-42(46)50-48-38-22-11-10-21-36(38)37-25-13-27-41(47(37)48)44(49(43)50)33-19-8-3-9-20-33/h1-30H. The lowest BCUT2D eigenvalue weighted by molar-refractivity contribution is 1.57. The summed E-state index contributed by atoms with van der Waals surface area (Å²) < 4.78 is 0. The lowest BCUT2D eigenvalue weighted by Crippen LogP contribution is -1.91. The Morgan fingerprint density at radius 2 is 0.640 bits per heavy atom. The molecule has 0 unspecified atom stereocenters. The van der Waals surface area contributed by atoms with Gasteiger partial charge in [0.25, 0.3) is 0 Å². The second-order valence-electron chi connectivity index (χ2n) is 13.5. The van der Waals surface area contributed by atoms with Gasteiger partial charge in [0.1, 0.15) is 0 Å². The van der Waals surface area contributed by atoms with E-state index < -0.39 is 0 Å². The zero-order chi connectivity index (χ0) is 32.8. The number of hydrogen-bond donors (Lipinski definition) is 0. The Morgan fingerprint density at radius 1 is 0.180 bits per heavy atom. The first-order valence-corrected chi connectivity index (χ1v) is 17.5. The molecule has 0 atom stereocenters. The van der Waals surface area contributed by atoms with Gasteiger partial charge in [-0.1, -0.05) is 182 Å². The Balaban J connectivity index is 1.36. The summed E-state index contributed by atoms with van der Waals surface area (Å²) in [6.45, 7) is 0. The number of fused-ring (bicyclic) bond motifs is 7. The van der Waals surface area contributed by atoms with Crippen LogP contribution in [0.25, 0.3) is 109 Å². The molecule has 0 aromatic heterocycles. The molecule has 50 heavy (non-hydrogen) atoms. The van der Waals surface area contributed by atoms with E-state index >= 15 is 0 Å². The first-order chi connectivity index (χ1) is 24.9. The summed E-state index contributed by atoms with van der Waals surface area (Å²) in [5.41, 5.74) is 10.1. The summed E-state index contributed by atoms with van der Waals surface area (Å²) in [6.07, 6.45) is 0. The fraction of sp³-hybridized carbons (Fsp3) is 0. The van der Waals surface area contributed by atoms with Crippen molar-refractivity contribution in [2.45, 2.75) is 0 Å². The maximum atomic E-state index is 2.42. The van der Waals surface area contributed by atoms with Crippen molar-refractivity contribution in [2.75, 3.05) is 0 Å². The molecule has 0 N–H and O–H groups in total. The maximum Gasteiger partial charge on any atom is -0.000697 e. The molecule has 0 aliphatic rings. The summed E-state index contributed by atoms with van der Waals surface area (Å²) >= 11 is 0. The number of hydrogen-bond acceptors (Lipinski definition) is 0. The van der Waals surface area contributed by atoms with Crippen LogP contribution in [0.2, 0.25) is 0 Å². The van der Waals surface area contributed by atoms with Gasteiger partial charge in [0.2, 0.25) is 0 Å². The average Bonchev–Trinajstić information content (AvgIpc) is 3.71. The molecule has 0 heterocycles. The molecule has 0 radical (unpaired) electrons. The fourth-order valence-electron chi connectivity index (χ4n) is 9.01. The van der Waals surface area contributed by atoms with Crippen LogP contribution in [0.5, 0.6) is 0 Å². The minimum Gasteiger partial charge on any atom is -0.0622 e. The molecule has 0 bridgehead atoms. The van der Waals surface area contributed by atoms with Gasteiger partial charge >= 0.3 is 0 Å². The van der Waals surface area contributed by atoms with Crippen molar-refractivity contribution in [2.24, 2.45) is 0 Å². The van der Waals surface area contributed by atoms with E-state index in [2.05, 4.69) is 182 Å². The largest absolute Gasteiger partial charge is 0.0622 e. The van der Waals surface area contributed by atoms with E-state index in [0.717, 1.165) is 0 Å². The van der Waals surface area contributed by atoms with Crippen molar-refractivity contribution in [3.05, 3.63) is 182 Å². The van der Waals surface area contributed by atoms with Crippen molar-refractivity contribution in [1.82, 2.24) is 0 Å². The summed E-state index contributed by atoms with van der Waals surface area (Å²) in [4.78, 5) is 0. The maximum absolute atomic E-state index is 2.42. The van der Waals surface area contributed by atoms with Crippen LogP contribution in [0.4, 0.5) is 0 Å². The minimum absolute atomic E-state index is 1.22. The van der Waals surface area contributed by atoms with Crippen molar-refractivity contribution >= 4 is 64.6 Å². The van der Waals surface area contributed by atoms with E-state index in [1.54, 1.807) is 0 Å². The van der Waals surface area contributed by atoms with Crippen molar-refractivity contribution in [3.63, 3.8) is 0 Å². The van der Waals surface area contributed by atoms with Gasteiger partial charge in [-0.2, -0.15) is 0 Å². The molecule has 0 amide bonds. The van der Waals surface area contributed by atoms with Crippen LogP contribution in [0, 0.1) is 0 Å². The summed E-state index contributed by atoms with van der Waals surface area (Å²) in [6, 6.07) is 67.2. The fourth-order valence-corrected chi connectivity index (χ4v) is 9.01. The lowest BCUT2D eigenvalue weighted by Gasteiger charge is -2.18. The molecular weight excluding hydrogens is 601 g/mol. The highest BCUT2D eigenvalue weighted by Gasteiger charge is 2.26. The van der Waals surface area contributed by atoms with E-state index in [1.165, 1.54) is 109 Å². The van der Waals surface area contributed by atoms with Crippen molar-refractivity contribution in [1.29, 1.82) is 0 Å². The Labute approximate surface area is 290 Å². The highest BCUT2D eigenvalue weighted by molar-refractivity contribution is 6.48. The van der Waals surface area contributed by atoms with Gasteiger partial charge in [-0.3, -0.25) is 0 Å². The summed E-state index contributed by atoms with van der Waals surface area (Å²) in [7, 11) is 0. The summed E-state index contributed by atoms with van der Waals surface area (Å²) in [5.74, 6) is 0. The highest BCUT2D eigenvalue weighted by atomic mass is 14.3. The third kappa shape index (κ3) is 3.71. The third-order valence-electron chi connectivity index (χ3n) is 11.0. The van der Waals surface area contributed by atoms with Crippen LogP contribution in [0.15, 0.2) is 182 Å². The topological polar surface area (TPSA) is 0 Å². The van der Waals surface area contributed by atoms with Gasteiger partial charge in [-0.15, -0.1) is 0 Å². The molecule has 0 saturated heterocycles. The van der Waals surface area contributed by atoms with Gasteiger partial charge in [-0.05, 0) is 109 Å². The van der Waals surface area contributed by atoms with Gasteiger partial charge in [0.15, 0.2) is 0 Å². The van der Waals surface area contributed by atoms with Gasteiger partial charge < -0.3 is 0 Å². The Morgan fingerprint density at radius 3 is 1.32 bits per heavy atom. The molecule has 11 aromatic carbocycles. The minimum atomic E-state index is 1.22. The molecular formula is C50H30. The number of rotatable bonds is 4. The molecule has 11 aromatic rings. The second kappa shape index (κ2) is 10.5. The first kappa shape index (κ1) is 27.5. The van der Waals surface area contributed by atoms with E-state index in [4.69, 9.17) is 0 Å². The molecule has 230 valence electrons. The van der Waals surface area contributed by atoms with Crippen molar-refractivity contribution < 1.29 is 0 Å². The van der Waals surface area contributed by atoms with Crippen LogP contribution >= 0.6 is 0 Å². The zero-order valence-corrected chi connectivity index (χ0v) is 27.3. The molecule has 0 fully saturated rings. The second-order valence-corrected chi connectivity index (χ2v) is 13.5. The monoisotopic (exact) mass is 630 g/mol. The lowest BCUT2D eigenvalue weighted by atomic mass is 9.85. The van der Waals surface area contributed by atoms with Crippen LogP contribution in [0.1, 0.15) is 0 Å². The van der Waals surface area contributed by atoms with Gasteiger partial charge in [-0.25, -0.2) is 0 Å². The van der Waals surface area contributed by atoms with Crippen LogP contribution in [-0.4, -0.2) is 0 Å².